The lowest BCUT2D eigenvalue weighted by atomic mass is 10.2. The number of aromatic nitrogens is 5. The molecule has 0 spiro atoms. The second-order valence-electron chi connectivity index (χ2n) is 7.25. The largest absolute Gasteiger partial charge is 0.501 e. The lowest BCUT2D eigenvalue weighted by molar-refractivity contribution is -0.121. The van der Waals surface area contributed by atoms with E-state index in [2.05, 4.69) is 42.5 Å². The number of nitrogens with one attached hydrogen (secondary N) is 3. The van der Waals surface area contributed by atoms with Gasteiger partial charge in [0.25, 0.3) is 5.56 Å². The van der Waals surface area contributed by atoms with Crippen molar-refractivity contribution in [3.8, 4) is 0 Å². The van der Waals surface area contributed by atoms with Crippen LogP contribution in [-0.2, 0) is 16.0 Å². The molecule has 3 rings (SSSR count). The molecule has 0 bridgehead atoms. The van der Waals surface area contributed by atoms with E-state index in [1.54, 1.807) is 43.7 Å². The number of aromatic amines is 1. The average Bonchev–Trinajstić information content (AvgIpc) is 3.33. The molecule has 0 atom stereocenters. The molecule has 0 fully saturated rings. The van der Waals surface area contributed by atoms with Crippen LogP contribution in [0.3, 0.4) is 0 Å². The van der Waals surface area contributed by atoms with Gasteiger partial charge in [0.15, 0.2) is 5.82 Å². The molecular weight excluding hydrogens is 438 g/mol. The molecule has 3 aromatic rings. The molecule has 0 aromatic carbocycles. The standard InChI is InChI=1S/C23H27N7O4/c1-4-16(9-8-15(2)33-3)21-27-19(34-30-21)11-10-18(31)24-13-6-14-26-22-20-17(7-5-12-25-20)23(32)29-28-22/h4-5,7-9,12H,1,6,10-11,13-14H2,2-3H3,(H,24,31)(H,26,28)(H,29,32)/b15-8+,16-9+. The number of amides is 1. The third kappa shape index (κ3) is 6.61. The van der Waals surface area contributed by atoms with Crippen LogP contribution in [0.1, 0.15) is 31.5 Å². The Hall–Kier alpha value is -4.28. The fourth-order valence-corrected chi connectivity index (χ4v) is 2.93. The highest BCUT2D eigenvalue weighted by atomic mass is 16.5. The number of rotatable bonds is 12. The fraction of sp³-hybridized carbons (Fsp3) is 0.304. The fourth-order valence-electron chi connectivity index (χ4n) is 2.93. The number of anilines is 1. The van der Waals surface area contributed by atoms with E-state index in [-0.39, 0.29) is 17.9 Å². The molecule has 3 aromatic heterocycles. The summed E-state index contributed by atoms with van der Waals surface area (Å²) in [5.74, 6) is 1.88. The van der Waals surface area contributed by atoms with E-state index in [1.165, 1.54) is 0 Å². The lowest BCUT2D eigenvalue weighted by Gasteiger charge is -2.08. The number of hydrogen-bond donors (Lipinski definition) is 3. The normalized spacial score (nSPS) is 11.9. The van der Waals surface area contributed by atoms with Crippen LogP contribution < -0.4 is 16.2 Å². The van der Waals surface area contributed by atoms with E-state index >= 15 is 0 Å². The summed E-state index contributed by atoms with van der Waals surface area (Å²) in [7, 11) is 1.59. The molecule has 3 N–H and O–H groups in total. The summed E-state index contributed by atoms with van der Waals surface area (Å²) in [5.41, 5.74) is 0.904. The summed E-state index contributed by atoms with van der Waals surface area (Å²) >= 11 is 0. The van der Waals surface area contributed by atoms with Gasteiger partial charge in [-0.05, 0) is 37.6 Å². The third-order valence-electron chi connectivity index (χ3n) is 4.85. The maximum absolute atomic E-state index is 12.1. The number of carbonyl (C=O) groups is 1. The molecule has 11 nitrogen and oxygen atoms in total. The Labute approximate surface area is 196 Å². The second-order valence-corrected chi connectivity index (χ2v) is 7.25. The van der Waals surface area contributed by atoms with Gasteiger partial charge in [-0.1, -0.05) is 17.8 Å². The van der Waals surface area contributed by atoms with Gasteiger partial charge < -0.3 is 19.9 Å². The minimum atomic E-state index is -0.288. The van der Waals surface area contributed by atoms with Gasteiger partial charge in [0, 0.05) is 37.7 Å². The summed E-state index contributed by atoms with van der Waals surface area (Å²) in [6.07, 6.45) is 8.00. The molecule has 0 saturated carbocycles. The number of carbonyl (C=O) groups excluding carboxylic acids is 1. The van der Waals surface area contributed by atoms with Crippen LogP contribution in [0.25, 0.3) is 16.5 Å². The number of fused-ring (bicyclic) bond motifs is 1. The van der Waals surface area contributed by atoms with Crippen LogP contribution in [0.4, 0.5) is 5.82 Å². The van der Waals surface area contributed by atoms with Gasteiger partial charge in [-0.25, -0.2) is 5.10 Å². The molecule has 0 unspecified atom stereocenters. The van der Waals surface area contributed by atoms with Crippen molar-refractivity contribution in [1.82, 2.24) is 30.6 Å². The van der Waals surface area contributed by atoms with Gasteiger partial charge in [-0.15, -0.1) is 0 Å². The molecule has 0 radical (unpaired) electrons. The monoisotopic (exact) mass is 465 g/mol. The van der Waals surface area contributed by atoms with Crippen molar-refractivity contribution in [1.29, 1.82) is 0 Å². The minimum Gasteiger partial charge on any atom is -0.501 e. The van der Waals surface area contributed by atoms with Crippen LogP contribution in [0, 0.1) is 0 Å². The van der Waals surface area contributed by atoms with Crippen LogP contribution in [0.15, 0.2) is 58.2 Å². The van der Waals surface area contributed by atoms with Crippen LogP contribution in [-0.4, -0.2) is 51.4 Å². The molecule has 3 heterocycles. The number of pyridine rings is 1. The van der Waals surface area contributed by atoms with Crippen molar-refractivity contribution >= 4 is 28.2 Å². The van der Waals surface area contributed by atoms with E-state index in [1.807, 2.05) is 6.92 Å². The molecule has 11 heteroatoms. The van der Waals surface area contributed by atoms with Gasteiger partial charge in [0.2, 0.25) is 17.6 Å². The maximum atomic E-state index is 12.1. The van der Waals surface area contributed by atoms with Gasteiger partial charge >= 0.3 is 0 Å². The Morgan fingerprint density at radius 2 is 2.18 bits per heavy atom. The summed E-state index contributed by atoms with van der Waals surface area (Å²) in [6.45, 7) is 6.61. The zero-order valence-electron chi connectivity index (χ0n) is 19.1. The maximum Gasteiger partial charge on any atom is 0.273 e. The highest BCUT2D eigenvalue weighted by molar-refractivity contribution is 5.86. The smallest absolute Gasteiger partial charge is 0.273 e. The zero-order valence-corrected chi connectivity index (χ0v) is 19.1. The van der Waals surface area contributed by atoms with Crippen molar-refractivity contribution < 1.29 is 14.1 Å². The molecule has 1 amide bonds. The predicted molar refractivity (Wildman–Crippen MR) is 128 cm³/mol. The molecule has 0 aliphatic carbocycles. The van der Waals surface area contributed by atoms with E-state index in [0.29, 0.717) is 59.9 Å². The Morgan fingerprint density at radius 1 is 1.32 bits per heavy atom. The topological polar surface area (TPSA) is 148 Å². The van der Waals surface area contributed by atoms with Crippen molar-refractivity contribution in [3.63, 3.8) is 0 Å². The van der Waals surface area contributed by atoms with Gasteiger partial charge in [-0.3, -0.25) is 14.6 Å². The third-order valence-corrected chi connectivity index (χ3v) is 4.85. The number of allylic oxidation sites excluding steroid dienone is 5. The first-order valence-corrected chi connectivity index (χ1v) is 10.7. The Bertz CT molecular complexity index is 1260. The molecule has 0 saturated heterocycles. The number of nitrogens with zero attached hydrogens (tertiary/aromatic N) is 4. The van der Waals surface area contributed by atoms with Crippen LogP contribution >= 0.6 is 0 Å². The minimum absolute atomic E-state index is 0.118. The quantitative estimate of drug-likeness (QED) is 0.208. The number of methoxy groups -OCH3 is 1. The zero-order chi connectivity index (χ0) is 24.3. The van der Waals surface area contributed by atoms with Crippen molar-refractivity contribution in [2.45, 2.75) is 26.2 Å². The van der Waals surface area contributed by atoms with E-state index in [0.717, 1.165) is 5.76 Å². The highest BCUT2D eigenvalue weighted by Gasteiger charge is 2.11. The van der Waals surface area contributed by atoms with Crippen LogP contribution in [0.2, 0.25) is 0 Å². The lowest BCUT2D eigenvalue weighted by Crippen LogP contribution is -2.26. The number of hydrogen-bond acceptors (Lipinski definition) is 9. The number of H-pyrrole nitrogens is 1. The SMILES string of the molecule is C=C/C(=C\C=C(/C)OC)c1noc(CCC(=O)NCCCNc2n[nH]c(=O)c3cccnc23)n1. The first-order chi connectivity index (χ1) is 16.5. The molecule has 0 aliphatic heterocycles. The number of aryl methyl sites for hydroxylation is 1. The Kier molecular flexibility index (Phi) is 8.67. The second kappa shape index (κ2) is 12.1. The van der Waals surface area contributed by atoms with Gasteiger partial charge in [0.1, 0.15) is 5.52 Å². The van der Waals surface area contributed by atoms with Crippen molar-refractivity contribution in [3.05, 3.63) is 71.0 Å². The van der Waals surface area contributed by atoms with Gasteiger partial charge in [0.05, 0.1) is 18.3 Å². The first kappa shape index (κ1) is 24.4. The Morgan fingerprint density at radius 3 is 2.97 bits per heavy atom. The number of ether oxygens (including phenoxy) is 1. The molecule has 0 aliphatic rings. The van der Waals surface area contributed by atoms with Gasteiger partial charge in [-0.2, -0.15) is 10.1 Å². The summed E-state index contributed by atoms with van der Waals surface area (Å²) in [5, 5.41) is 16.8. The summed E-state index contributed by atoms with van der Waals surface area (Å²) in [6, 6.07) is 3.39. The van der Waals surface area contributed by atoms with E-state index in [4.69, 9.17) is 9.26 Å². The van der Waals surface area contributed by atoms with Crippen molar-refractivity contribution in [2.75, 3.05) is 25.5 Å². The molecular formula is C23H27N7O4. The highest BCUT2D eigenvalue weighted by Crippen LogP contribution is 2.14. The first-order valence-electron chi connectivity index (χ1n) is 10.7. The average molecular weight is 466 g/mol. The summed E-state index contributed by atoms with van der Waals surface area (Å²) in [4.78, 5) is 32.5. The molecule has 34 heavy (non-hydrogen) atoms. The van der Waals surface area contributed by atoms with Crippen molar-refractivity contribution in [2.24, 2.45) is 0 Å². The summed E-state index contributed by atoms with van der Waals surface area (Å²) < 4.78 is 10.3. The molecule has 178 valence electrons. The Balaban J connectivity index is 1.41. The predicted octanol–water partition coefficient (Wildman–Crippen LogP) is 2.37. The van der Waals surface area contributed by atoms with E-state index in [9.17, 15) is 9.59 Å². The van der Waals surface area contributed by atoms with E-state index < -0.39 is 0 Å². The van der Waals surface area contributed by atoms with Crippen LogP contribution in [0.5, 0.6) is 0 Å².